The number of halogens is 2. The summed E-state index contributed by atoms with van der Waals surface area (Å²) in [6, 6.07) is 0. The summed E-state index contributed by atoms with van der Waals surface area (Å²) in [7, 11) is 0. The van der Waals surface area contributed by atoms with Crippen molar-refractivity contribution in [1.82, 2.24) is 9.97 Å². The van der Waals surface area contributed by atoms with Crippen LogP contribution in [0.15, 0.2) is 18.6 Å². The van der Waals surface area contributed by atoms with Crippen LogP contribution in [0.5, 0.6) is 0 Å². The van der Waals surface area contributed by atoms with E-state index >= 15 is 0 Å². The van der Waals surface area contributed by atoms with Gasteiger partial charge in [0, 0.05) is 18.6 Å². The van der Waals surface area contributed by atoms with Crippen molar-refractivity contribution in [3.8, 4) is 0 Å². The first kappa shape index (κ1) is 8.99. The van der Waals surface area contributed by atoms with Crippen molar-refractivity contribution in [2.75, 3.05) is 6.54 Å². The molecule has 0 aliphatic heterocycles. The van der Waals surface area contributed by atoms with Gasteiger partial charge in [0.15, 0.2) is 0 Å². The van der Waals surface area contributed by atoms with Crippen LogP contribution >= 0.6 is 0 Å². The average Bonchev–Trinajstić information content (AvgIpc) is 2.06. The Morgan fingerprint density at radius 1 is 1.42 bits per heavy atom. The molecule has 5 heteroatoms. The maximum atomic E-state index is 12.6. The number of nitrogens with two attached hydrogens (primary N) is 1. The van der Waals surface area contributed by atoms with Gasteiger partial charge in [-0.05, 0) is 0 Å². The van der Waals surface area contributed by atoms with Gasteiger partial charge in [0.2, 0.25) is 0 Å². The summed E-state index contributed by atoms with van der Waals surface area (Å²) in [6.07, 6.45) is 3.67. The number of aromatic nitrogens is 2. The van der Waals surface area contributed by atoms with Gasteiger partial charge in [0.05, 0.1) is 18.7 Å². The molecule has 0 unspecified atom stereocenters. The van der Waals surface area contributed by atoms with Gasteiger partial charge in [-0.2, -0.15) is 0 Å². The lowest BCUT2D eigenvalue weighted by Crippen LogP contribution is -2.30. The molecule has 0 radical (unpaired) electrons. The molecule has 0 fully saturated rings. The Hall–Kier alpha value is -1.10. The SMILES string of the molecule is NCC(F)(F)Cc1cnccn1. The third kappa shape index (κ3) is 2.50. The van der Waals surface area contributed by atoms with E-state index in [0.717, 1.165) is 0 Å². The van der Waals surface area contributed by atoms with Crippen molar-refractivity contribution in [2.45, 2.75) is 12.3 Å². The van der Waals surface area contributed by atoms with E-state index in [2.05, 4.69) is 9.97 Å². The van der Waals surface area contributed by atoms with Crippen LogP contribution in [0.1, 0.15) is 5.69 Å². The standard InChI is InChI=1S/C7H9F2N3/c8-7(9,5-10)3-6-4-11-1-2-12-6/h1-2,4H,3,5,10H2. The van der Waals surface area contributed by atoms with Crippen LogP contribution in [-0.2, 0) is 6.42 Å². The molecule has 12 heavy (non-hydrogen) atoms. The van der Waals surface area contributed by atoms with Crippen molar-refractivity contribution in [3.63, 3.8) is 0 Å². The molecule has 1 rings (SSSR count). The zero-order chi connectivity index (χ0) is 9.03. The first-order valence-electron chi connectivity index (χ1n) is 3.47. The molecule has 0 spiro atoms. The van der Waals surface area contributed by atoms with E-state index in [0.29, 0.717) is 0 Å². The minimum Gasteiger partial charge on any atom is -0.325 e. The van der Waals surface area contributed by atoms with E-state index in [1.165, 1.54) is 18.6 Å². The number of hydrogen-bond acceptors (Lipinski definition) is 3. The van der Waals surface area contributed by atoms with E-state index in [1.54, 1.807) is 0 Å². The quantitative estimate of drug-likeness (QED) is 0.728. The second-order valence-corrected chi connectivity index (χ2v) is 2.43. The predicted octanol–water partition coefficient (Wildman–Crippen LogP) is 0.613. The minimum absolute atomic E-state index is 0.257. The van der Waals surface area contributed by atoms with Gasteiger partial charge in [-0.25, -0.2) is 8.78 Å². The topological polar surface area (TPSA) is 51.8 Å². The fourth-order valence-electron chi connectivity index (χ4n) is 0.758. The molecule has 66 valence electrons. The number of alkyl halides is 2. The van der Waals surface area contributed by atoms with Gasteiger partial charge in [-0.15, -0.1) is 0 Å². The van der Waals surface area contributed by atoms with Gasteiger partial charge < -0.3 is 5.73 Å². The van der Waals surface area contributed by atoms with Crippen molar-refractivity contribution >= 4 is 0 Å². The Labute approximate surface area is 68.6 Å². The molecule has 0 aliphatic rings. The fourth-order valence-corrected chi connectivity index (χ4v) is 0.758. The first-order chi connectivity index (χ1) is 5.64. The van der Waals surface area contributed by atoms with E-state index in [-0.39, 0.29) is 5.69 Å². The Bertz CT molecular complexity index is 238. The van der Waals surface area contributed by atoms with Crippen molar-refractivity contribution in [3.05, 3.63) is 24.3 Å². The maximum absolute atomic E-state index is 12.6. The lowest BCUT2D eigenvalue weighted by Gasteiger charge is -2.11. The van der Waals surface area contributed by atoms with Crippen LogP contribution in [0, 0.1) is 0 Å². The second kappa shape index (κ2) is 3.53. The monoisotopic (exact) mass is 173 g/mol. The van der Waals surface area contributed by atoms with Crippen LogP contribution in [0.25, 0.3) is 0 Å². The second-order valence-electron chi connectivity index (χ2n) is 2.43. The van der Waals surface area contributed by atoms with Crippen molar-refractivity contribution in [2.24, 2.45) is 5.73 Å². The maximum Gasteiger partial charge on any atom is 0.265 e. The third-order valence-corrected chi connectivity index (χ3v) is 1.36. The number of nitrogens with zero attached hydrogens (tertiary/aromatic N) is 2. The van der Waals surface area contributed by atoms with E-state index in [9.17, 15) is 8.78 Å². The van der Waals surface area contributed by atoms with Gasteiger partial charge in [0.1, 0.15) is 0 Å². The summed E-state index contributed by atoms with van der Waals surface area (Å²) in [5.74, 6) is -2.88. The number of hydrogen-bond donors (Lipinski definition) is 1. The lowest BCUT2D eigenvalue weighted by atomic mass is 10.2. The molecule has 0 atom stereocenters. The van der Waals surface area contributed by atoms with Crippen molar-refractivity contribution in [1.29, 1.82) is 0 Å². The molecular weight excluding hydrogens is 164 g/mol. The molecule has 0 saturated heterocycles. The Balaban J connectivity index is 2.64. The summed E-state index contributed by atoms with van der Waals surface area (Å²) >= 11 is 0. The molecule has 0 saturated carbocycles. The summed E-state index contributed by atoms with van der Waals surface area (Å²) in [5.41, 5.74) is 5.11. The summed E-state index contributed by atoms with van der Waals surface area (Å²) in [6.45, 7) is -0.663. The van der Waals surface area contributed by atoms with Gasteiger partial charge in [-0.3, -0.25) is 9.97 Å². The Morgan fingerprint density at radius 3 is 2.67 bits per heavy atom. The molecule has 1 aromatic heterocycles. The highest BCUT2D eigenvalue weighted by Gasteiger charge is 2.27. The third-order valence-electron chi connectivity index (χ3n) is 1.36. The molecule has 1 aromatic rings. The number of rotatable bonds is 3. The van der Waals surface area contributed by atoms with Crippen LogP contribution in [0.3, 0.4) is 0 Å². The van der Waals surface area contributed by atoms with Crippen LogP contribution < -0.4 is 5.73 Å². The van der Waals surface area contributed by atoms with Gasteiger partial charge in [0.25, 0.3) is 5.92 Å². The molecule has 2 N–H and O–H groups in total. The van der Waals surface area contributed by atoms with Crippen molar-refractivity contribution < 1.29 is 8.78 Å². The molecule has 0 aliphatic carbocycles. The zero-order valence-electron chi connectivity index (χ0n) is 6.37. The Morgan fingerprint density at radius 2 is 2.17 bits per heavy atom. The van der Waals surface area contributed by atoms with E-state index in [4.69, 9.17) is 5.73 Å². The average molecular weight is 173 g/mol. The molecule has 0 aromatic carbocycles. The summed E-state index contributed by atoms with van der Waals surface area (Å²) in [5, 5.41) is 0. The Kier molecular flexibility index (Phi) is 2.65. The van der Waals surface area contributed by atoms with Crippen LogP contribution in [0.2, 0.25) is 0 Å². The van der Waals surface area contributed by atoms with Crippen LogP contribution in [-0.4, -0.2) is 22.4 Å². The van der Waals surface area contributed by atoms with E-state index in [1.807, 2.05) is 0 Å². The summed E-state index contributed by atoms with van der Waals surface area (Å²) in [4.78, 5) is 7.38. The van der Waals surface area contributed by atoms with Crippen LogP contribution in [0.4, 0.5) is 8.78 Å². The highest BCUT2D eigenvalue weighted by molar-refractivity contribution is 4.98. The normalized spacial score (nSPS) is 11.6. The molecule has 0 amide bonds. The summed E-state index contributed by atoms with van der Waals surface area (Å²) < 4.78 is 25.3. The predicted molar refractivity (Wildman–Crippen MR) is 39.7 cm³/mol. The van der Waals surface area contributed by atoms with Gasteiger partial charge in [-0.1, -0.05) is 0 Å². The first-order valence-corrected chi connectivity index (χ1v) is 3.47. The molecule has 0 bridgehead atoms. The fraction of sp³-hybridized carbons (Fsp3) is 0.429. The molecular formula is C7H9F2N3. The highest BCUT2D eigenvalue weighted by atomic mass is 19.3. The smallest absolute Gasteiger partial charge is 0.265 e. The van der Waals surface area contributed by atoms with E-state index < -0.39 is 18.9 Å². The molecule has 3 nitrogen and oxygen atoms in total. The molecule has 1 heterocycles. The largest absolute Gasteiger partial charge is 0.325 e. The zero-order valence-corrected chi connectivity index (χ0v) is 6.37. The van der Waals surface area contributed by atoms with Gasteiger partial charge >= 0.3 is 0 Å². The highest BCUT2D eigenvalue weighted by Crippen LogP contribution is 2.16. The minimum atomic E-state index is -2.88. The lowest BCUT2D eigenvalue weighted by molar-refractivity contribution is 0.0105.